The molecule has 12 heteroatoms. The van der Waals surface area contributed by atoms with Gasteiger partial charge in [-0.1, -0.05) is 13.8 Å². The van der Waals surface area contributed by atoms with Gasteiger partial charge in [-0.15, -0.1) is 10.2 Å². The van der Waals surface area contributed by atoms with Crippen LogP contribution in [-0.2, 0) is 16.6 Å². The molecule has 1 aliphatic heterocycles. The van der Waals surface area contributed by atoms with Crippen molar-refractivity contribution in [3.8, 4) is 5.88 Å². The van der Waals surface area contributed by atoms with Crippen LogP contribution in [0.2, 0.25) is 0 Å². The molecule has 41 heavy (non-hydrogen) atoms. The predicted molar refractivity (Wildman–Crippen MR) is 147 cm³/mol. The van der Waals surface area contributed by atoms with Crippen molar-refractivity contribution in [3.63, 3.8) is 0 Å². The summed E-state index contributed by atoms with van der Waals surface area (Å²) in [5, 5.41) is 7.73. The largest absolute Gasteiger partial charge is 0.469 e. The van der Waals surface area contributed by atoms with E-state index in [9.17, 15) is 17.2 Å². The smallest absolute Gasteiger partial charge is 0.297 e. The van der Waals surface area contributed by atoms with Crippen molar-refractivity contribution in [3.05, 3.63) is 76.1 Å². The molecule has 0 saturated heterocycles. The monoisotopic (exact) mass is 582 g/mol. The summed E-state index contributed by atoms with van der Waals surface area (Å²) < 4.78 is 63.6. The number of alkyl halides is 2. The normalized spacial score (nSPS) is 18.5. The van der Waals surface area contributed by atoms with Gasteiger partial charge in [-0.3, -0.25) is 9.38 Å². The zero-order valence-corrected chi connectivity index (χ0v) is 24.4. The van der Waals surface area contributed by atoms with E-state index in [4.69, 9.17) is 9.72 Å². The highest BCUT2D eigenvalue weighted by Crippen LogP contribution is 2.46. The van der Waals surface area contributed by atoms with Crippen LogP contribution >= 0.6 is 0 Å². The summed E-state index contributed by atoms with van der Waals surface area (Å²) in [7, 11) is -3.88. The highest BCUT2D eigenvalue weighted by atomic mass is 32.2. The first kappa shape index (κ1) is 27.6. The van der Waals surface area contributed by atoms with Gasteiger partial charge in [-0.2, -0.15) is 4.31 Å². The number of hydrogen-bond acceptors (Lipinski definition) is 7. The average Bonchev–Trinajstić information content (AvgIpc) is 3.53. The van der Waals surface area contributed by atoms with E-state index in [1.807, 2.05) is 32.9 Å². The number of hydrogen-bond donors (Lipinski definition) is 0. The Morgan fingerprint density at radius 2 is 1.83 bits per heavy atom. The van der Waals surface area contributed by atoms with Crippen LogP contribution in [0.1, 0.15) is 78.4 Å². The Balaban J connectivity index is 1.40. The van der Waals surface area contributed by atoms with Gasteiger partial charge in [0, 0.05) is 36.7 Å². The van der Waals surface area contributed by atoms with Gasteiger partial charge < -0.3 is 4.74 Å². The minimum Gasteiger partial charge on any atom is -0.469 e. The Labute approximate surface area is 237 Å². The number of rotatable bonds is 6. The molecule has 2 aliphatic rings. The lowest BCUT2D eigenvalue weighted by Crippen LogP contribution is -2.38. The summed E-state index contributed by atoms with van der Waals surface area (Å²) in [6.07, 6.45) is 3.77. The fraction of sp³-hybridized carbons (Fsp3) is 0.448. The number of fused-ring (bicyclic) bond motifs is 2. The van der Waals surface area contributed by atoms with Crippen molar-refractivity contribution in [2.45, 2.75) is 76.8 Å². The molecular weight excluding hydrogens is 550 g/mol. The maximum absolute atomic E-state index is 13.9. The van der Waals surface area contributed by atoms with Gasteiger partial charge in [0.15, 0.2) is 5.65 Å². The molecule has 1 spiro atoms. The number of halogens is 2. The lowest BCUT2D eigenvalue weighted by atomic mass is 9.83. The molecule has 0 N–H and O–H groups in total. The van der Waals surface area contributed by atoms with E-state index in [0.717, 1.165) is 46.4 Å². The van der Waals surface area contributed by atoms with Crippen LogP contribution in [0.3, 0.4) is 0 Å². The third-order valence-corrected chi connectivity index (χ3v) is 9.94. The van der Waals surface area contributed by atoms with Gasteiger partial charge >= 0.3 is 0 Å². The van der Waals surface area contributed by atoms with Gasteiger partial charge in [-0.05, 0) is 85.5 Å². The summed E-state index contributed by atoms with van der Waals surface area (Å²) in [5.41, 5.74) is 4.69. The van der Waals surface area contributed by atoms with E-state index in [1.165, 1.54) is 8.71 Å². The molecule has 5 heterocycles. The summed E-state index contributed by atoms with van der Waals surface area (Å²) in [5.74, 6) is -0.313. The first-order chi connectivity index (χ1) is 19.4. The summed E-state index contributed by atoms with van der Waals surface area (Å²) in [4.78, 5) is 9.16. The molecule has 216 valence electrons. The zero-order valence-electron chi connectivity index (χ0n) is 23.6. The summed E-state index contributed by atoms with van der Waals surface area (Å²) in [6, 6.07) is 5.41. The first-order valence-corrected chi connectivity index (χ1v) is 15.1. The number of aryl methyl sites for hydroxylation is 3. The van der Waals surface area contributed by atoms with E-state index in [2.05, 4.69) is 29.0 Å². The maximum atomic E-state index is 13.9. The van der Waals surface area contributed by atoms with Gasteiger partial charge in [0.1, 0.15) is 10.5 Å². The van der Waals surface area contributed by atoms with E-state index < -0.39 is 27.9 Å². The van der Waals surface area contributed by atoms with E-state index in [1.54, 1.807) is 24.7 Å². The Bertz CT molecular complexity index is 1770. The Hall–Kier alpha value is -3.51. The minimum atomic E-state index is -3.88. The Kier molecular flexibility index (Phi) is 6.61. The minimum absolute atomic E-state index is 0.0914. The van der Waals surface area contributed by atoms with Crippen molar-refractivity contribution < 1.29 is 21.9 Å². The molecule has 0 radical (unpaired) electrons. The third-order valence-electron chi connectivity index (χ3n) is 8.15. The third kappa shape index (κ3) is 4.76. The fourth-order valence-corrected chi connectivity index (χ4v) is 7.33. The maximum Gasteiger partial charge on any atom is 0.297 e. The Morgan fingerprint density at radius 3 is 2.51 bits per heavy atom. The van der Waals surface area contributed by atoms with Crippen LogP contribution in [0.4, 0.5) is 8.78 Å². The quantitative estimate of drug-likeness (QED) is 0.305. The molecule has 1 saturated carbocycles. The van der Waals surface area contributed by atoms with Gasteiger partial charge in [0.05, 0.1) is 6.54 Å². The molecule has 6 rings (SSSR count). The second kappa shape index (κ2) is 9.80. The van der Waals surface area contributed by atoms with Crippen LogP contribution in [-0.4, -0.2) is 49.4 Å². The van der Waals surface area contributed by atoms with Gasteiger partial charge in [0.25, 0.3) is 6.43 Å². The molecule has 1 aliphatic carbocycles. The molecule has 0 amide bonds. The van der Waals surface area contributed by atoms with Gasteiger partial charge in [0.2, 0.25) is 21.7 Å². The molecule has 1 fully saturated rings. The zero-order chi connectivity index (χ0) is 29.3. The van der Waals surface area contributed by atoms with Crippen LogP contribution in [0, 0.1) is 26.7 Å². The average molecular weight is 583 g/mol. The van der Waals surface area contributed by atoms with Crippen LogP contribution in [0.15, 0.2) is 41.7 Å². The van der Waals surface area contributed by atoms with Crippen molar-refractivity contribution in [1.29, 1.82) is 0 Å². The van der Waals surface area contributed by atoms with Crippen molar-refractivity contribution in [1.82, 2.24) is 28.9 Å². The predicted octanol–water partition coefficient (Wildman–Crippen LogP) is 5.29. The number of sulfonamides is 1. The van der Waals surface area contributed by atoms with E-state index in [-0.39, 0.29) is 35.7 Å². The second-order valence-electron chi connectivity index (χ2n) is 11.6. The lowest BCUT2D eigenvalue weighted by Gasteiger charge is -2.26. The number of pyridine rings is 3. The number of aromatic nitrogens is 5. The molecule has 0 bridgehead atoms. The number of nitrogens with zero attached hydrogens (tertiary/aromatic N) is 6. The van der Waals surface area contributed by atoms with Gasteiger partial charge in [-0.25, -0.2) is 22.2 Å². The molecule has 4 aromatic heterocycles. The molecule has 9 nitrogen and oxygen atoms in total. The van der Waals surface area contributed by atoms with E-state index >= 15 is 0 Å². The van der Waals surface area contributed by atoms with Crippen molar-refractivity contribution in [2.75, 3.05) is 6.54 Å². The Morgan fingerprint density at radius 1 is 1.07 bits per heavy atom. The first-order valence-electron chi connectivity index (χ1n) is 13.6. The van der Waals surface area contributed by atoms with E-state index in [0.29, 0.717) is 5.65 Å². The molecule has 0 unspecified atom stereocenters. The van der Waals surface area contributed by atoms with Crippen LogP contribution in [0.5, 0.6) is 5.88 Å². The highest BCUT2D eigenvalue weighted by molar-refractivity contribution is 7.89. The summed E-state index contributed by atoms with van der Waals surface area (Å²) >= 11 is 0. The van der Waals surface area contributed by atoms with Crippen molar-refractivity contribution >= 4 is 15.7 Å². The van der Waals surface area contributed by atoms with Crippen molar-refractivity contribution in [2.24, 2.45) is 5.92 Å². The SMILES string of the molecule is Cc1cnc2c(c1)S(=O)(=O)N(Cc1cc([C@H](c3ccn4c(C(F)F)nnc4c3C)C(C)C)ncc1C)CC1(CC1)O2. The standard InChI is InChI=1S/C29H32F2N6O3S/c1-16(2)24(21-6-9-37-26(19(21)5)34-35-27(37)25(30)31)22-11-20(18(4)13-32-22)14-36-15-29(7-8-29)40-28-23(41(36,38)39)10-17(3)12-33-28/h6,9-13,16,24-25H,7-8,14-15H2,1-5H3/t24-/m0/s1. The van der Waals surface area contributed by atoms with Crippen LogP contribution < -0.4 is 4.74 Å². The molecule has 0 aromatic carbocycles. The molecule has 1 atom stereocenters. The fourth-order valence-electron chi connectivity index (χ4n) is 5.69. The molecule has 4 aromatic rings. The molecular formula is C29H32F2N6O3S. The summed E-state index contributed by atoms with van der Waals surface area (Å²) in [6.45, 7) is 10.1. The topological polar surface area (TPSA) is 103 Å². The highest BCUT2D eigenvalue weighted by Gasteiger charge is 2.52. The lowest BCUT2D eigenvalue weighted by molar-refractivity contribution is 0.139. The second-order valence-corrected chi connectivity index (χ2v) is 13.5. The van der Waals surface area contributed by atoms with Crippen LogP contribution in [0.25, 0.3) is 5.65 Å². The number of ether oxygens (including phenoxy) is 1.